The fourth-order valence-electron chi connectivity index (χ4n) is 1.17. The van der Waals surface area contributed by atoms with Crippen LogP contribution >= 0.6 is 11.8 Å². The Kier molecular flexibility index (Phi) is 11.4. The summed E-state index contributed by atoms with van der Waals surface area (Å²) in [6.07, 6.45) is 6.34. The second-order valence-electron chi connectivity index (χ2n) is 3.48. The number of thioether (sulfide) groups is 1. The van der Waals surface area contributed by atoms with Crippen molar-refractivity contribution >= 4 is 17.7 Å². The molecule has 0 radical (unpaired) electrons. The van der Waals surface area contributed by atoms with Gasteiger partial charge in [-0.1, -0.05) is 12.2 Å². The van der Waals surface area contributed by atoms with Gasteiger partial charge in [0.25, 0.3) is 5.09 Å². The first-order valence-electron chi connectivity index (χ1n) is 5.89. The molecule has 0 saturated heterocycles. The Morgan fingerprint density at radius 2 is 2.28 bits per heavy atom. The fraction of sp³-hybridized carbons (Fsp3) is 0.727. The van der Waals surface area contributed by atoms with Crippen molar-refractivity contribution in [1.82, 2.24) is 5.32 Å². The Morgan fingerprint density at radius 3 is 2.94 bits per heavy atom. The van der Waals surface area contributed by atoms with Crippen LogP contribution in [0.4, 0.5) is 0 Å². The van der Waals surface area contributed by atoms with E-state index in [1.807, 2.05) is 19.1 Å². The molecule has 18 heavy (non-hydrogen) atoms. The van der Waals surface area contributed by atoms with Gasteiger partial charge in [-0.3, -0.25) is 4.79 Å². The maximum atomic E-state index is 11.3. The van der Waals surface area contributed by atoms with Gasteiger partial charge in [-0.15, -0.1) is 10.1 Å². The Labute approximate surface area is 111 Å². The van der Waals surface area contributed by atoms with E-state index in [1.165, 1.54) is 11.8 Å². The largest absolute Gasteiger partial charge is 0.355 e. The SMILES string of the molecule is C/C=C\CCCC(=O)NCCSCCO[N+](=O)[O-]. The molecule has 0 aliphatic rings. The fourth-order valence-corrected chi connectivity index (χ4v) is 1.81. The lowest BCUT2D eigenvalue weighted by atomic mass is 10.2. The molecule has 0 aromatic rings. The van der Waals surface area contributed by atoms with Crippen molar-refractivity contribution in [3.05, 3.63) is 22.3 Å². The van der Waals surface area contributed by atoms with Gasteiger partial charge in [0.15, 0.2) is 0 Å². The molecule has 0 aliphatic heterocycles. The monoisotopic (exact) mass is 276 g/mol. The van der Waals surface area contributed by atoms with Gasteiger partial charge < -0.3 is 10.2 Å². The maximum absolute atomic E-state index is 11.3. The van der Waals surface area contributed by atoms with E-state index in [2.05, 4.69) is 10.2 Å². The van der Waals surface area contributed by atoms with Crippen LogP contribution < -0.4 is 5.32 Å². The van der Waals surface area contributed by atoms with Gasteiger partial charge in [0.05, 0.1) is 0 Å². The summed E-state index contributed by atoms with van der Waals surface area (Å²) in [5.74, 6) is 1.35. The molecule has 0 bridgehead atoms. The summed E-state index contributed by atoms with van der Waals surface area (Å²) in [5, 5.41) is 11.8. The minimum Gasteiger partial charge on any atom is -0.355 e. The van der Waals surface area contributed by atoms with E-state index in [1.54, 1.807) is 0 Å². The maximum Gasteiger partial charge on any atom is 0.294 e. The summed E-state index contributed by atoms with van der Waals surface area (Å²) in [6, 6.07) is 0. The molecular weight excluding hydrogens is 256 g/mol. The summed E-state index contributed by atoms with van der Waals surface area (Å²) in [5.41, 5.74) is 0. The third-order valence-electron chi connectivity index (χ3n) is 2.00. The molecule has 6 nitrogen and oxygen atoms in total. The van der Waals surface area contributed by atoms with Crippen molar-refractivity contribution in [3.8, 4) is 0 Å². The smallest absolute Gasteiger partial charge is 0.294 e. The quantitative estimate of drug-likeness (QED) is 0.269. The van der Waals surface area contributed by atoms with Gasteiger partial charge in [0.1, 0.15) is 6.61 Å². The number of carbonyl (C=O) groups is 1. The van der Waals surface area contributed by atoms with Gasteiger partial charge in [-0.2, -0.15) is 11.8 Å². The molecule has 104 valence electrons. The van der Waals surface area contributed by atoms with E-state index in [9.17, 15) is 14.9 Å². The van der Waals surface area contributed by atoms with Gasteiger partial charge in [0.2, 0.25) is 5.91 Å². The highest BCUT2D eigenvalue weighted by atomic mass is 32.2. The standard InChI is InChI=1S/C11H20N2O4S/c1-2-3-4-5-6-11(14)12-7-9-18-10-8-17-13(15)16/h2-3H,4-10H2,1H3,(H,12,14)/b3-2-. The number of carbonyl (C=O) groups excluding carboxylic acids is 1. The first kappa shape index (κ1) is 16.8. The topological polar surface area (TPSA) is 81.5 Å². The van der Waals surface area contributed by atoms with Crippen molar-refractivity contribution in [1.29, 1.82) is 0 Å². The molecule has 1 N–H and O–H groups in total. The summed E-state index contributed by atoms with van der Waals surface area (Å²) in [6.45, 7) is 2.64. The highest BCUT2D eigenvalue weighted by Gasteiger charge is 1.99. The molecule has 0 saturated carbocycles. The van der Waals surface area contributed by atoms with E-state index in [4.69, 9.17) is 0 Å². The van der Waals surface area contributed by atoms with Crippen LogP contribution in [0.5, 0.6) is 0 Å². The molecule has 0 aliphatic carbocycles. The average molecular weight is 276 g/mol. The average Bonchev–Trinajstić information content (AvgIpc) is 2.33. The van der Waals surface area contributed by atoms with Gasteiger partial charge >= 0.3 is 0 Å². The van der Waals surface area contributed by atoms with Crippen molar-refractivity contribution in [2.45, 2.75) is 26.2 Å². The van der Waals surface area contributed by atoms with Crippen LogP contribution in [0.1, 0.15) is 26.2 Å². The number of allylic oxidation sites excluding steroid dienone is 2. The zero-order valence-electron chi connectivity index (χ0n) is 10.6. The molecular formula is C11H20N2O4S. The number of unbranched alkanes of at least 4 members (excludes halogenated alkanes) is 1. The molecule has 1 amide bonds. The molecule has 0 unspecified atom stereocenters. The van der Waals surface area contributed by atoms with Crippen molar-refractivity contribution < 1.29 is 14.7 Å². The summed E-state index contributed by atoms with van der Waals surface area (Å²) >= 11 is 1.51. The number of rotatable bonds is 11. The normalized spacial score (nSPS) is 10.5. The first-order valence-corrected chi connectivity index (χ1v) is 7.05. The molecule has 0 heterocycles. The van der Waals surface area contributed by atoms with Crippen LogP contribution in [0.2, 0.25) is 0 Å². The Bertz CT molecular complexity index is 272. The number of hydrogen-bond donors (Lipinski definition) is 1. The third-order valence-corrected chi connectivity index (χ3v) is 2.95. The lowest BCUT2D eigenvalue weighted by Crippen LogP contribution is -2.25. The molecule has 7 heteroatoms. The molecule has 0 fully saturated rings. The van der Waals surface area contributed by atoms with E-state index in [0.717, 1.165) is 18.6 Å². The molecule has 0 aromatic heterocycles. The van der Waals surface area contributed by atoms with Crippen LogP contribution in [-0.4, -0.2) is 35.7 Å². The number of nitrogens with zero attached hydrogens (tertiary/aromatic N) is 1. The van der Waals surface area contributed by atoms with Gasteiger partial charge in [0, 0.05) is 24.5 Å². The number of amides is 1. The van der Waals surface area contributed by atoms with Crippen molar-refractivity contribution in [2.24, 2.45) is 0 Å². The van der Waals surface area contributed by atoms with Crippen LogP contribution in [0.25, 0.3) is 0 Å². The molecule has 0 rings (SSSR count). The highest BCUT2D eigenvalue weighted by Crippen LogP contribution is 1.99. The zero-order chi connectivity index (χ0) is 13.6. The first-order chi connectivity index (χ1) is 8.66. The number of nitrogens with one attached hydrogen (secondary N) is 1. The Balaban J connectivity index is 3.22. The van der Waals surface area contributed by atoms with Crippen molar-refractivity contribution in [2.75, 3.05) is 24.7 Å². The zero-order valence-corrected chi connectivity index (χ0v) is 11.4. The van der Waals surface area contributed by atoms with Gasteiger partial charge in [-0.25, -0.2) is 0 Å². The van der Waals surface area contributed by atoms with Crippen LogP contribution in [0.3, 0.4) is 0 Å². The van der Waals surface area contributed by atoms with Crippen LogP contribution in [-0.2, 0) is 9.63 Å². The predicted molar refractivity (Wildman–Crippen MR) is 71.9 cm³/mol. The predicted octanol–water partition coefficient (Wildman–Crippen LogP) is 1.79. The molecule has 0 aromatic carbocycles. The summed E-state index contributed by atoms with van der Waals surface area (Å²) < 4.78 is 0. The van der Waals surface area contributed by atoms with E-state index >= 15 is 0 Å². The minimum absolute atomic E-state index is 0.0571. The lowest BCUT2D eigenvalue weighted by Gasteiger charge is -2.04. The van der Waals surface area contributed by atoms with E-state index in [-0.39, 0.29) is 12.5 Å². The van der Waals surface area contributed by atoms with Crippen LogP contribution in [0.15, 0.2) is 12.2 Å². The number of hydrogen-bond acceptors (Lipinski definition) is 5. The lowest BCUT2D eigenvalue weighted by molar-refractivity contribution is -0.756. The van der Waals surface area contributed by atoms with E-state index in [0.29, 0.717) is 18.7 Å². The van der Waals surface area contributed by atoms with Crippen LogP contribution in [0, 0.1) is 10.1 Å². The van der Waals surface area contributed by atoms with Crippen molar-refractivity contribution in [3.63, 3.8) is 0 Å². The Hall–Kier alpha value is -1.24. The molecule has 0 spiro atoms. The van der Waals surface area contributed by atoms with E-state index < -0.39 is 5.09 Å². The second kappa shape index (κ2) is 12.2. The Morgan fingerprint density at radius 1 is 1.50 bits per heavy atom. The molecule has 0 atom stereocenters. The minimum atomic E-state index is -0.799. The highest BCUT2D eigenvalue weighted by molar-refractivity contribution is 7.99. The summed E-state index contributed by atoms with van der Waals surface area (Å²) in [4.78, 5) is 25.3. The third kappa shape index (κ3) is 12.8. The van der Waals surface area contributed by atoms with Gasteiger partial charge in [-0.05, 0) is 19.8 Å². The summed E-state index contributed by atoms with van der Waals surface area (Å²) in [7, 11) is 0. The second-order valence-corrected chi connectivity index (χ2v) is 4.71.